The Morgan fingerprint density at radius 3 is 2.75 bits per heavy atom. The first kappa shape index (κ1) is 10.3. The number of hydrogen-bond donors (Lipinski definition) is 0. The van der Waals surface area contributed by atoms with Crippen molar-refractivity contribution in [3.63, 3.8) is 0 Å². The third kappa shape index (κ3) is 2.60. The molecule has 1 aliphatic heterocycles. The van der Waals surface area contributed by atoms with Crippen LogP contribution in [0.1, 0.15) is 32.6 Å². The predicted molar refractivity (Wildman–Crippen MR) is 55.8 cm³/mol. The fourth-order valence-corrected chi connectivity index (χ4v) is 2.39. The molecule has 1 nitrogen and oxygen atoms in total. The van der Waals surface area contributed by atoms with Gasteiger partial charge in [-0.1, -0.05) is 21.5 Å². The molecule has 70 valence electrons. The van der Waals surface area contributed by atoms with Crippen LogP contribution in [-0.4, -0.2) is 17.5 Å². The topological polar surface area (TPSA) is 9.23 Å². The number of alkyl halides is 1. The summed E-state index contributed by atoms with van der Waals surface area (Å²) >= 11 is 3.53. The summed E-state index contributed by atoms with van der Waals surface area (Å²) in [4.78, 5) is 0. The molecule has 0 saturated carbocycles. The molecule has 1 rings (SSSR count). The molecule has 1 unspecified atom stereocenters. The summed E-state index contributed by atoms with van der Waals surface area (Å²) in [5, 5.41) is 0.937. The highest BCUT2D eigenvalue weighted by atomic mass is 79.9. The fraction of sp³-hybridized carbons (Fsp3) is 0.800. The lowest BCUT2D eigenvalue weighted by Crippen LogP contribution is -2.38. The third-order valence-corrected chi connectivity index (χ3v) is 3.32. The highest BCUT2D eigenvalue weighted by Gasteiger charge is 2.31. The minimum Gasteiger partial charge on any atom is -0.374 e. The maximum atomic E-state index is 5.82. The molecule has 1 fully saturated rings. The first-order valence-corrected chi connectivity index (χ1v) is 5.65. The van der Waals surface area contributed by atoms with Crippen LogP contribution in [0.2, 0.25) is 0 Å². The maximum absolute atomic E-state index is 5.82. The summed E-state index contributed by atoms with van der Waals surface area (Å²) in [6.45, 7) is 6.93. The van der Waals surface area contributed by atoms with Crippen LogP contribution >= 0.6 is 15.9 Å². The van der Waals surface area contributed by atoms with Gasteiger partial charge in [0.05, 0.1) is 5.60 Å². The second kappa shape index (κ2) is 4.43. The van der Waals surface area contributed by atoms with Gasteiger partial charge in [-0.2, -0.15) is 0 Å². The van der Waals surface area contributed by atoms with Crippen LogP contribution in [0.5, 0.6) is 0 Å². The molecular weight excluding hydrogens is 216 g/mol. The minimum atomic E-state index is 0.0596. The van der Waals surface area contributed by atoms with E-state index in [0.29, 0.717) is 0 Å². The van der Waals surface area contributed by atoms with Crippen molar-refractivity contribution < 1.29 is 4.74 Å². The second-order valence-corrected chi connectivity index (χ2v) is 4.32. The molecular formula is C10H17BrO. The zero-order valence-corrected chi connectivity index (χ0v) is 9.32. The van der Waals surface area contributed by atoms with Crippen LogP contribution in [-0.2, 0) is 4.74 Å². The predicted octanol–water partition coefficient (Wildman–Crippen LogP) is 3.29. The Morgan fingerprint density at radius 2 is 2.33 bits per heavy atom. The minimum absolute atomic E-state index is 0.0596. The SMILES string of the molecule is C=C(C)CC1(CBr)CCCCO1. The van der Waals surface area contributed by atoms with Crippen LogP contribution in [0.15, 0.2) is 12.2 Å². The quantitative estimate of drug-likeness (QED) is 0.537. The second-order valence-electron chi connectivity index (χ2n) is 3.76. The molecule has 2 heteroatoms. The van der Waals surface area contributed by atoms with Crippen molar-refractivity contribution in [1.82, 2.24) is 0 Å². The largest absolute Gasteiger partial charge is 0.374 e. The molecule has 0 N–H and O–H groups in total. The first-order valence-electron chi connectivity index (χ1n) is 4.53. The lowest BCUT2D eigenvalue weighted by molar-refractivity contribution is -0.0595. The van der Waals surface area contributed by atoms with Crippen LogP contribution in [0, 0.1) is 0 Å². The number of ether oxygens (including phenoxy) is 1. The maximum Gasteiger partial charge on any atom is 0.0815 e. The van der Waals surface area contributed by atoms with Crippen LogP contribution in [0.3, 0.4) is 0 Å². The van der Waals surface area contributed by atoms with Gasteiger partial charge in [-0.05, 0) is 32.6 Å². The van der Waals surface area contributed by atoms with Crippen LogP contribution < -0.4 is 0 Å². The van der Waals surface area contributed by atoms with Gasteiger partial charge >= 0.3 is 0 Å². The lowest BCUT2D eigenvalue weighted by Gasteiger charge is -2.36. The van der Waals surface area contributed by atoms with Crippen molar-refractivity contribution in [3.8, 4) is 0 Å². The molecule has 1 aliphatic rings. The Kier molecular flexibility index (Phi) is 3.78. The molecule has 0 radical (unpaired) electrons. The number of rotatable bonds is 3. The van der Waals surface area contributed by atoms with Gasteiger partial charge in [-0.25, -0.2) is 0 Å². The fourth-order valence-electron chi connectivity index (χ4n) is 1.75. The molecule has 1 atom stereocenters. The summed E-state index contributed by atoms with van der Waals surface area (Å²) in [5.41, 5.74) is 1.28. The summed E-state index contributed by atoms with van der Waals surface area (Å²) in [6, 6.07) is 0. The molecule has 0 bridgehead atoms. The summed E-state index contributed by atoms with van der Waals surface area (Å²) in [6.07, 6.45) is 4.67. The third-order valence-electron chi connectivity index (χ3n) is 2.30. The Morgan fingerprint density at radius 1 is 1.58 bits per heavy atom. The van der Waals surface area contributed by atoms with E-state index in [-0.39, 0.29) is 5.60 Å². The monoisotopic (exact) mass is 232 g/mol. The standard InChI is InChI=1S/C10H17BrO/c1-9(2)7-10(8-11)5-3-4-6-12-10/h1,3-8H2,2H3. The van der Waals surface area contributed by atoms with Gasteiger partial charge in [0.1, 0.15) is 0 Å². The molecule has 0 aromatic rings. The number of halogens is 1. The van der Waals surface area contributed by atoms with Gasteiger partial charge in [0.15, 0.2) is 0 Å². The summed E-state index contributed by atoms with van der Waals surface area (Å²) in [7, 11) is 0. The van der Waals surface area contributed by atoms with E-state index in [4.69, 9.17) is 4.74 Å². The molecule has 1 saturated heterocycles. The smallest absolute Gasteiger partial charge is 0.0815 e. The van der Waals surface area contributed by atoms with Crippen molar-refractivity contribution in [2.24, 2.45) is 0 Å². The first-order chi connectivity index (χ1) is 5.68. The van der Waals surface area contributed by atoms with Crippen LogP contribution in [0.4, 0.5) is 0 Å². The van der Waals surface area contributed by atoms with Crippen molar-refractivity contribution in [3.05, 3.63) is 12.2 Å². The molecule has 0 spiro atoms. The van der Waals surface area contributed by atoms with Gasteiger partial charge in [0.2, 0.25) is 0 Å². The van der Waals surface area contributed by atoms with Crippen molar-refractivity contribution in [2.75, 3.05) is 11.9 Å². The Hall–Kier alpha value is 0.180. The highest BCUT2D eigenvalue weighted by Crippen LogP contribution is 2.32. The van der Waals surface area contributed by atoms with Gasteiger partial charge < -0.3 is 4.74 Å². The molecule has 1 heterocycles. The van der Waals surface area contributed by atoms with E-state index in [0.717, 1.165) is 18.4 Å². The average molecular weight is 233 g/mol. The van der Waals surface area contributed by atoms with E-state index in [2.05, 4.69) is 29.4 Å². The highest BCUT2D eigenvalue weighted by molar-refractivity contribution is 9.09. The van der Waals surface area contributed by atoms with E-state index < -0.39 is 0 Å². The van der Waals surface area contributed by atoms with Crippen LogP contribution in [0.25, 0.3) is 0 Å². The number of hydrogen-bond acceptors (Lipinski definition) is 1. The van der Waals surface area contributed by atoms with Crippen molar-refractivity contribution in [2.45, 2.75) is 38.2 Å². The zero-order valence-electron chi connectivity index (χ0n) is 7.74. The van der Waals surface area contributed by atoms with E-state index in [1.165, 1.54) is 24.8 Å². The van der Waals surface area contributed by atoms with Crippen molar-refractivity contribution in [1.29, 1.82) is 0 Å². The van der Waals surface area contributed by atoms with E-state index >= 15 is 0 Å². The molecule has 0 amide bonds. The molecule has 0 aliphatic carbocycles. The van der Waals surface area contributed by atoms with Gasteiger partial charge in [-0.3, -0.25) is 0 Å². The normalized spacial score (nSPS) is 30.2. The van der Waals surface area contributed by atoms with Gasteiger partial charge in [0.25, 0.3) is 0 Å². The van der Waals surface area contributed by atoms with Gasteiger partial charge in [0, 0.05) is 11.9 Å². The summed E-state index contributed by atoms with van der Waals surface area (Å²) in [5.74, 6) is 0. The molecule has 12 heavy (non-hydrogen) atoms. The van der Waals surface area contributed by atoms with E-state index in [1.807, 2.05) is 0 Å². The average Bonchev–Trinajstić information content (AvgIpc) is 2.05. The van der Waals surface area contributed by atoms with Gasteiger partial charge in [-0.15, -0.1) is 6.58 Å². The molecule has 0 aromatic heterocycles. The van der Waals surface area contributed by atoms with E-state index in [1.54, 1.807) is 0 Å². The van der Waals surface area contributed by atoms with Crippen molar-refractivity contribution >= 4 is 15.9 Å². The van der Waals surface area contributed by atoms with E-state index in [9.17, 15) is 0 Å². The Labute approximate surface area is 83.3 Å². The lowest BCUT2D eigenvalue weighted by atomic mass is 9.90. The zero-order chi connectivity index (χ0) is 9.03. The summed E-state index contributed by atoms with van der Waals surface area (Å²) < 4.78 is 5.82. The Balaban J connectivity index is 2.53. The molecule has 0 aromatic carbocycles. The Bertz CT molecular complexity index is 159.